The Hall–Kier alpha value is -1.67. The molecule has 1 atom stereocenters. The molecule has 2 aliphatic rings. The molecule has 2 N–H and O–H groups in total. The average Bonchev–Trinajstić information content (AvgIpc) is 3.07. The van der Waals surface area contributed by atoms with Crippen LogP contribution in [0.2, 0.25) is 0 Å². The predicted molar refractivity (Wildman–Crippen MR) is 95.1 cm³/mol. The number of nitrogens with one attached hydrogen (secondary N) is 2. The van der Waals surface area contributed by atoms with Gasteiger partial charge in [-0.2, -0.15) is 0 Å². The number of rotatable bonds is 5. The number of hydrogen-bond donors (Lipinski definition) is 2. The third-order valence-corrected chi connectivity index (χ3v) is 5.12. The van der Waals surface area contributed by atoms with Crippen molar-refractivity contribution < 1.29 is 14.4 Å². The molecule has 1 aliphatic carbocycles. The van der Waals surface area contributed by atoms with Gasteiger partial charge in [-0.1, -0.05) is 12.8 Å². The van der Waals surface area contributed by atoms with Crippen LogP contribution >= 0.6 is 0 Å². The lowest BCUT2D eigenvalue weighted by Crippen LogP contribution is -2.56. The number of piperazine rings is 1. The Bertz CT molecular complexity index is 483. The van der Waals surface area contributed by atoms with E-state index < -0.39 is 0 Å². The van der Waals surface area contributed by atoms with Gasteiger partial charge in [-0.05, 0) is 19.8 Å². The van der Waals surface area contributed by atoms with Crippen molar-refractivity contribution in [1.82, 2.24) is 25.3 Å². The van der Waals surface area contributed by atoms with Gasteiger partial charge in [0.2, 0.25) is 11.8 Å². The summed E-state index contributed by atoms with van der Waals surface area (Å²) < 4.78 is 0. The van der Waals surface area contributed by atoms with Gasteiger partial charge in [0.1, 0.15) is 0 Å². The van der Waals surface area contributed by atoms with E-state index in [4.69, 9.17) is 0 Å². The third kappa shape index (κ3) is 5.97. The summed E-state index contributed by atoms with van der Waals surface area (Å²) in [4.78, 5) is 41.7. The second kappa shape index (κ2) is 9.15. The Morgan fingerprint density at radius 1 is 1.08 bits per heavy atom. The van der Waals surface area contributed by atoms with Crippen LogP contribution < -0.4 is 10.6 Å². The molecule has 0 aromatic heterocycles. The lowest BCUT2D eigenvalue weighted by molar-refractivity contribution is -0.131. The number of likely N-dealkylation sites (N-methyl/N-ethyl adjacent to an activating group) is 1. The molecule has 4 amide bonds. The van der Waals surface area contributed by atoms with Gasteiger partial charge in [0.15, 0.2) is 0 Å². The number of urea groups is 1. The molecular formula is C17H31N5O3. The summed E-state index contributed by atoms with van der Waals surface area (Å²) in [5.41, 5.74) is 0. The van der Waals surface area contributed by atoms with Crippen molar-refractivity contribution in [3.8, 4) is 0 Å². The molecule has 8 heteroatoms. The van der Waals surface area contributed by atoms with Crippen LogP contribution in [0, 0.1) is 0 Å². The van der Waals surface area contributed by atoms with E-state index in [9.17, 15) is 14.4 Å². The highest BCUT2D eigenvalue weighted by Crippen LogP contribution is 2.17. The quantitative estimate of drug-likeness (QED) is 0.718. The fourth-order valence-electron chi connectivity index (χ4n) is 3.32. The molecule has 25 heavy (non-hydrogen) atoms. The number of imide groups is 1. The van der Waals surface area contributed by atoms with Gasteiger partial charge in [-0.3, -0.25) is 24.7 Å². The highest BCUT2D eigenvalue weighted by Gasteiger charge is 2.28. The minimum Gasteiger partial charge on any atom is -0.348 e. The molecule has 2 rings (SSSR count). The Balaban J connectivity index is 1.71. The zero-order valence-corrected chi connectivity index (χ0v) is 15.6. The van der Waals surface area contributed by atoms with Crippen LogP contribution in [0.1, 0.15) is 32.6 Å². The van der Waals surface area contributed by atoms with Crippen LogP contribution in [0.25, 0.3) is 0 Å². The summed E-state index contributed by atoms with van der Waals surface area (Å²) in [5, 5.41) is 5.32. The molecule has 0 radical (unpaired) electrons. The van der Waals surface area contributed by atoms with E-state index in [-0.39, 0.29) is 29.9 Å². The maximum atomic E-state index is 12.3. The van der Waals surface area contributed by atoms with Gasteiger partial charge in [0.25, 0.3) is 0 Å². The monoisotopic (exact) mass is 353 g/mol. The molecule has 1 heterocycles. The summed E-state index contributed by atoms with van der Waals surface area (Å²) in [6, 6.07) is -0.555. The van der Waals surface area contributed by atoms with E-state index in [0.717, 1.165) is 38.8 Å². The maximum Gasteiger partial charge on any atom is 0.321 e. The normalized spacial score (nSPS) is 20.9. The van der Waals surface area contributed by atoms with E-state index in [1.165, 1.54) is 0 Å². The van der Waals surface area contributed by atoms with Gasteiger partial charge in [-0.15, -0.1) is 0 Å². The molecule has 1 saturated heterocycles. The largest absolute Gasteiger partial charge is 0.348 e. The van der Waals surface area contributed by atoms with Crippen LogP contribution in [0.3, 0.4) is 0 Å². The summed E-state index contributed by atoms with van der Waals surface area (Å²) >= 11 is 0. The first kappa shape index (κ1) is 19.7. The average molecular weight is 353 g/mol. The number of amides is 4. The SMILES string of the molecule is C[C@@H](C(=O)NC(=O)NC1CCCC1)N1CCN(CC(=O)N(C)C)CC1. The first-order valence-corrected chi connectivity index (χ1v) is 9.14. The van der Waals surface area contributed by atoms with Crippen molar-refractivity contribution in [2.24, 2.45) is 0 Å². The van der Waals surface area contributed by atoms with Crippen molar-refractivity contribution in [3.63, 3.8) is 0 Å². The lowest BCUT2D eigenvalue weighted by Gasteiger charge is -2.37. The Morgan fingerprint density at radius 3 is 2.24 bits per heavy atom. The second-order valence-electron chi connectivity index (χ2n) is 7.22. The van der Waals surface area contributed by atoms with E-state index in [0.29, 0.717) is 19.6 Å². The smallest absolute Gasteiger partial charge is 0.321 e. The van der Waals surface area contributed by atoms with Crippen LogP contribution in [0.5, 0.6) is 0 Å². The minimum absolute atomic E-state index is 0.0859. The van der Waals surface area contributed by atoms with Gasteiger partial charge in [0.05, 0.1) is 12.6 Å². The highest BCUT2D eigenvalue weighted by atomic mass is 16.2. The molecule has 0 unspecified atom stereocenters. The molecule has 0 spiro atoms. The van der Waals surface area contributed by atoms with Gasteiger partial charge >= 0.3 is 6.03 Å². The van der Waals surface area contributed by atoms with Crippen molar-refractivity contribution in [2.75, 3.05) is 46.8 Å². The fraction of sp³-hybridized carbons (Fsp3) is 0.824. The van der Waals surface area contributed by atoms with Crippen LogP contribution in [0.15, 0.2) is 0 Å². The van der Waals surface area contributed by atoms with Gasteiger partial charge < -0.3 is 10.2 Å². The summed E-state index contributed by atoms with van der Waals surface area (Å²) in [7, 11) is 3.50. The third-order valence-electron chi connectivity index (χ3n) is 5.12. The first-order valence-electron chi connectivity index (χ1n) is 9.14. The van der Waals surface area contributed by atoms with Crippen LogP contribution in [-0.2, 0) is 9.59 Å². The number of carbonyl (C=O) groups excluding carboxylic acids is 3. The molecule has 0 aromatic carbocycles. The molecule has 1 saturated carbocycles. The van der Waals surface area contributed by atoms with E-state index in [1.54, 1.807) is 19.0 Å². The maximum absolute atomic E-state index is 12.3. The van der Waals surface area contributed by atoms with Gasteiger partial charge in [-0.25, -0.2) is 4.79 Å². The lowest BCUT2D eigenvalue weighted by atomic mass is 10.2. The van der Waals surface area contributed by atoms with E-state index in [1.807, 2.05) is 6.92 Å². The van der Waals surface area contributed by atoms with Crippen molar-refractivity contribution in [2.45, 2.75) is 44.7 Å². The number of carbonyl (C=O) groups is 3. The van der Waals surface area contributed by atoms with Crippen LogP contribution in [0.4, 0.5) is 4.79 Å². The second-order valence-corrected chi connectivity index (χ2v) is 7.22. The molecular weight excluding hydrogens is 322 g/mol. The zero-order valence-electron chi connectivity index (χ0n) is 15.6. The zero-order chi connectivity index (χ0) is 18.4. The Morgan fingerprint density at radius 2 is 1.68 bits per heavy atom. The molecule has 0 bridgehead atoms. The summed E-state index contributed by atoms with van der Waals surface area (Å²) in [6.07, 6.45) is 4.25. The first-order chi connectivity index (χ1) is 11.9. The molecule has 142 valence electrons. The molecule has 1 aliphatic heterocycles. The summed E-state index contributed by atoms with van der Waals surface area (Å²) in [6.45, 7) is 5.13. The van der Waals surface area contributed by atoms with Crippen molar-refractivity contribution in [1.29, 1.82) is 0 Å². The highest BCUT2D eigenvalue weighted by molar-refractivity contribution is 5.96. The molecule has 0 aromatic rings. The van der Waals surface area contributed by atoms with E-state index in [2.05, 4.69) is 20.4 Å². The molecule has 8 nitrogen and oxygen atoms in total. The standard InChI is InChI=1S/C17H31N5O3/c1-13(16(24)19-17(25)18-14-6-4-5-7-14)22-10-8-21(9-11-22)12-15(23)20(2)3/h13-14H,4-12H2,1-3H3,(H2,18,19,24,25)/t13-/m0/s1. The molecule has 2 fully saturated rings. The Kier molecular flexibility index (Phi) is 7.19. The van der Waals surface area contributed by atoms with E-state index >= 15 is 0 Å². The van der Waals surface area contributed by atoms with Crippen molar-refractivity contribution >= 4 is 17.8 Å². The topological polar surface area (TPSA) is 85.0 Å². The number of nitrogens with zero attached hydrogens (tertiary/aromatic N) is 3. The van der Waals surface area contributed by atoms with Gasteiger partial charge in [0, 0.05) is 46.3 Å². The predicted octanol–water partition coefficient (Wildman–Crippen LogP) is -0.151. The van der Waals surface area contributed by atoms with Crippen LogP contribution in [-0.4, -0.2) is 91.4 Å². The van der Waals surface area contributed by atoms with Crippen molar-refractivity contribution in [3.05, 3.63) is 0 Å². The fourth-order valence-corrected chi connectivity index (χ4v) is 3.32. The summed E-state index contributed by atoms with van der Waals surface area (Å²) in [5.74, 6) is -0.184. The number of hydrogen-bond acceptors (Lipinski definition) is 5. The minimum atomic E-state index is -0.390. The Labute approximate surface area is 149 Å².